The summed E-state index contributed by atoms with van der Waals surface area (Å²) in [6.07, 6.45) is 3.00. The number of hydrogen-bond donors (Lipinski definition) is 3. The molecule has 3 N–H and O–H groups in total. The van der Waals surface area contributed by atoms with Crippen molar-refractivity contribution in [1.29, 1.82) is 0 Å². The molecule has 0 spiro atoms. The standard InChI is InChI=1S/C22H33N5O3/c1-3-16(2)23-20(28)14-26-9-11-27(12-10-26)15-21(29)24-19-6-4-5-17(13-19)22(30)25-18-7-8-18/h4-6,13,16,18H,3,7-12,14-15H2,1-2H3,(H,23,28)(H,24,29)(H,25,30). The van der Waals surface area contributed by atoms with Crippen molar-refractivity contribution >= 4 is 23.4 Å². The minimum Gasteiger partial charge on any atom is -0.353 e. The molecule has 3 rings (SSSR count). The van der Waals surface area contributed by atoms with Gasteiger partial charge in [0.25, 0.3) is 5.91 Å². The smallest absolute Gasteiger partial charge is 0.251 e. The lowest BCUT2D eigenvalue weighted by Crippen LogP contribution is -2.51. The quantitative estimate of drug-likeness (QED) is 0.561. The predicted molar refractivity (Wildman–Crippen MR) is 116 cm³/mol. The van der Waals surface area contributed by atoms with Crippen LogP contribution in [-0.4, -0.2) is 78.9 Å². The molecule has 2 aliphatic rings. The first kappa shape index (κ1) is 22.2. The summed E-state index contributed by atoms with van der Waals surface area (Å²) < 4.78 is 0. The van der Waals surface area contributed by atoms with Gasteiger partial charge in [0.1, 0.15) is 0 Å². The molecule has 1 aromatic carbocycles. The summed E-state index contributed by atoms with van der Waals surface area (Å²) in [6.45, 7) is 7.76. The maximum atomic E-state index is 12.4. The molecule has 1 atom stereocenters. The van der Waals surface area contributed by atoms with Gasteiger partial charge >= 0.3 is 0 Å². The lowest BCUT2D eigenvalue weighted by atomic mass is 10.2. The number of nitrogens with zero attached hydrogens (tertiary/aromatic N) is 2. The molecule has 1 saturated carbocycles. The van der Waals surface area contributed by atoms with Crippen molar-refractivity contribution in [3.05, 3.63) is 29.8 Å². The highest BCUT2D eigenvalue weighted by atomic mass is 16.2. The van der Waals surface area contributed by atoms with Gasteiger partial charge in [-0.1, -0.05) is 13.0 Å². The Morgan fingerprint density at radius 1 is 1.03 bits per heavy atom. The number of anilines is 1. The minimum absolute atomic E-state index is 0.0566. The first-order chi connectivity index (χ1) is 14.4. The Labute approximate surface area is 178 Å². The van der Waals surface area contributed by atoms with Crippen molar-refractivity contribution in [3.63, 3.8) is 0 Å². The van der Waals surface area contributed by atoms with Crippen LogP contribution in [0.5, 0.6) is 0 Å². The number of carbonyl (C=O) groups is 3. The highest BCUT2D eigenvalue weighted by Crippen LogP contribution is 2.20. The summed E-state index contributed by atoms with van der Waals surface area (Å²) in [6, 6.07) is 7.53. The van der Waals surface area contributed by atoms with Gasteiger partial charge in [-0.2, -0.15) is 0 Å². The maximum absolute atomic E-state index is 12.4. The number of nitrogens with one attached hydrogen (secondary N) is 3. The Balaban J connectivity index is 1.39. The van der Waals surface area contributed by atoms with E-state index in [0.717, 1.165) is 45.4 Å². The van der Waals surface area contributed by atoms with E-state index >= 15 is 0 Å². The number of piperazine rings is 1. The van der Waals surface area contributed by atoms with Gasteiger partial charge < -0.3 is 16.0 Å². The molecule has 1 saturated heterocycles. The fourth-order valence-electron chi connectivity index (χ4n) is 3.37. The van der Waals surface area contributed by atoms with Crippen molar-refractivity contribution in [2.24, 2.45) is 0 Å². The highest BCUT2D eigenvalue weighted by Gasteiger charge is 2.24. The van der Waals surface area contributed by atoms with E-state index < -0.39 is 0 Å². The van der Waals surface area contributed by atoms with Crippen molar-refractivity contribution in [1.82, 2.24) is 20.4 Å². The molecule has 3 amide bonds. The molecule has 1 aromatic rings. The van der Waals surface area contributed by atoms with Crippen molar-refractivity contribution in [2.75, 3.05) is 44.6 Å². The summed E-state index contributed by atoms with van der Waals surface area (Å²) in [5.74, 6) is -0.138. The lowest BCUT2D eigenvalue weighted by Gasteiger charge is -2.34. The topological polar surface area (TPSA) is 93.8 Å². The number of amides is 3. The summed E-state index contributed by atoms with van der Waals surface area (Å²) in [5, 5.41) is 8.83. The molecule has 1 aliphatic heterocycles. The lowest BCUT2D eigenvalue weighted by molar-refractivity contribution is -0.124. The largest absolute Gasteiger partial charge is 0.353 e. The zero-order valence-corrected chi connectivity index (χ0v) is 17.9. The Bertz CT molecular complexity index is 757. The number of benzene rings is 1. The molecule has 1 unspecified atom stereocenters. The van der Waals surface area contributed by atoms with Crippen LogP contribution < -0.4 is 16.0 Å². The molecule has 0 radical (unpaired) electrons. The fourth-order valence-corrected chi connectivity index (χ4v) is 3.37. The van der Waals surface area contributed by atoms with Crippen LogP contribution in [-0.2, 0) is 9.59 Å². The maximum Gasteiger partial charge on any atom is 0.251 e. The average Bonchev–Trinajstić information content (AvgIpc) is 3.53. The van der Waals surface area contributed by atoms with Crippen molar-refractivity contribution in [3.8, 4) is 0 Å². The van der Waals surface area contributed by atoms with Crippen LogP contribution >= 0.6 is 0 Å². The first-order valence-electron chi connectivity index (χ1n) is 10.9. The minimum atomic E-state index is -0.0993. The van der Waals surface area contributed by atoms with Crippen LogP contribution in [0.1, 0.15) is 43.5 Å². The molecule has 164 valence electrons. The Morgan fingerprint density at radius 3 is 2.27 bits per heavy atom. The SMILES string of the molecule is CCC(C)NC(=O)CN1CCN(CC(=O)Nc2cccc(C(=O)NC3CC3)c2)CC1. The molecule has 1 heterocycles. The molecule has 0 bridgehead atoms. The van der Waals surface area contributed by atoms with Crippen LogP contribution in [0.2, 0.25) is 0 Å². The third kappa shape index (κ3) is 7.11. The normalized spacial score (nSPS) is 18.5. The molecule has 0 aromatic heterocycles. The van der Waals surface area contributed by atoms with E-state index in [0.29, 0.717) is 30.4 Å². The summed E-state index contributed by atoms with van der Waals surface area (Å²) in [4.78, 5) is 40.8. The van der Waals surface area contributed by atoms with Gasteiger partial charge in [-0.25, -0.2) is 0 Å². The average molecular weight is 416 g/mol. The number of rotatable bonds is 9. The van der Waals surface area contributed by atoms with Crippen molar-refractivity contribution in [2.45, 2.75) is 45.2 Å². The van der Waals surface area contributed by atoms with Crippen LogP contribution in [0.15, 0.2) is 24.3 Å². The molecule has 8 heteroatoms. The summed E-state index contributed by atoms with van der Waals surface area (Å²) in [5.41, 5.74) is 1.19. The third-order valence-corrected chi connectivity index (χ3v) is 5.54. The highest BCUT2D eigenvalue weighted by molar-refractivity contribution is 5.97. The van der Waals surface area contributed by atoms with Gasteiger partial charge in [0, 0.05) is 49.5 Å². The van der Waals surface area contributed by atoms with Crippen LogP contribution in [0.4, 0.5) is 5.69 Å². The van der Waals surface area contributed by atoms with E-state index in [1.54, 1.807) is 24.3 Å². The van der Waals surface area contributed by atoms with E-state index in [1.807, 2.05) is 13.8 Å². The zero-order chi connectivity index (χ0) is 21.5. The molecular formula is C22H33N5O3. The second-order valence-corrected chi connectivity index (χ2v) is 8.31. The van der Waals surface area contributed by atoms with E-state index in [4.69, 9.17) is 0 Å². The second-order valence-electron chi connectivity index (χ2n) is 8.31. The Hall–Kier alpha value is -2.45. The number of carbonyl (C=O) groups excluding carboxylic acids is 3. The number of hydrogen-bond acceptors (Lipinski definition) is 5. The molecule has 2 fully saturated rings. The third-order valence-electron chi connectivity index (χ3n) is 5.54. The van der Waals surface area contributed by atoms with Gasteiger partial charge in [0.15, 0.2) is 0 Å². The predicted octanol–water partition coefficient (Wildman–Crippen LogP) is 1.05. The molecule has 8 nitrogen and oxygen atoms in total. The fraction of sp³-hybridized carbons (Fsp3) is 0.591. The zero-order valence-electron chi connectivity index (χ0n) is 17.9. The van der Waals surface area contributed by atoms with Crippen LogP contribution in [0.3, 0.4) is 0 Å². The molecular weight excluding hydrogens is 382 g/mol. The summed E-state index contributed by atoms with van der Waals surface area (Å²) >= 11 is 0. The van der Waals surface area contributed by atoms with Crippen LogP contribution in [0.25, 0.3) is 0 Å². The Morgan fingerprint density at radius 2 is 1.67 bits per heavy atom. The first-order valence-corrected chi connectivity index (χ1v) is 10.9. The van der Waals surface area contributed by atoms with Gasteiger partial charge in [0.05, 0.1) is 13.1 Å². The monoisotopic (exact) mass is 415 g/mol. The van der Waals surface area contributed by atoms with Gasteiger partial charge in [0.2, 0.25) is 11.8 Å². The van der Waals surface area contributed by atoms with Gasteiger partial charge in [-0.15, -0.1) is 0 Å². The summed E-state index contributed by atoms with van der Waals surface area (Å²) in [7, 11) is 0. The van der Waals surface area contributed by atoms with E-state index in [-0.39, 0.29) is 23.8 Å². The van der Waals surface area contributed by atoms with E-state index in [9.17, 15) is 14.4 Å². The Kier molecular flexibility index (Phi) is 7.81. The molecule has 1 aliphatic carbocycles. The van der Waals surface area contributed by atoms with Gasteiger partial charge in [-0.3, -0.25) is 24.2 Å². The van der Waals surface area contributed by atoms with E-state index in [2.05, 4.69) is 25.8 Å². The van der Waals surface area contributed by atoms with Gasteiger partial charge in [-0.05, 0) is 44.4 Å². The van der Waals surface area contributed by atoms with Crippen LogP contribution in [0, 0.1) is 0 Å². The van der Waals surface area contributed by atoms with E-state index in [1.165, 1.54) is 0 Å². The second kappa shape index (κ2) is 10.5. The molecule has 30 heavy (non-hydrogen) atoms. The van der Waals surface area contributed by atoms with Crippen molar-refractivity contribution < 1.29 is 14.4 Å².